The third-order valence-corrected chi connectivity index (χ3v) is 4.00. The Hall–Kier alpha value is -2.75. The van der Waals surface area contributed by atoms with Crippen LogP contribution in [0, 0.1) is 0 Å². The van der Waals surface area contributed by atoms with Crippen LogP contribution in [0.5, 0.6) is 0 Å². The lowest BCUT2D eigenvalue weighted by molar-refractivity contribution is -0.111. The summed E-state index contributed by atoms with van der Waals surface area (Å²) in [5.74, 6) is 0.378. The summed E-state index contributed by atoms with van der Waals surface area (Å²) in [5.41, 5.74) is 4.33. The Labute approximate surface area is 136 Å². The van der Waals surface area contributed by atoms with Crippen LogP contribution in [0.25, 0.3) is 0 Å². The van der Waals surface area contributed by atoms with Crippen molar-refractivity contribution in [3.05, 3.63) is 65.2 Å². The van der Waals surface area contributed by atoms with Crippen molar-refractivity contribution >= 4 is 23.5 Å². The summed E-state index contributed by atoms with van der Waals surface area (Å²) in [5, 5.41) is 8.24. The highest BCUT2D eigenvalue weighted by atomic mass is 16.2. The summed E-state index contributed by atoms with van der Waals surface area (Å²) < 4.78 is 0. The van der Waals surface area contributed by atoms with Gasteiger partial charge in [-0.05, 0) is 23.1 Å². The maximum absolute atomic E-state index is 12.2. The molecule has 4 nitrogen and oxygen atoms in total. The van der Waals surface area contributed by atoms with Crippen molar-refractivity contribution in [2.45, 2.75) is 19.8 Å². The number of hydrogen-bond donors (Lipinski definition) is 0. The Kier molecular flexibility index (Phi) is 4.06. The van der Waals surface area contributed by atoms with E-state index in [9.17, 15) is 4.79 Å². The number of anilines is 1. The molecule has 0 fully saturated rings. The van der Waals surface area contributed by atoms with Gasteiger partial charge in [-0.25, -0.2) is 0 Å². The van der Waals surface area contributed by atoms with Gasteiger partial charge < -0.3 is 4.90 Å². The molecule has 0 atom stereocenters. The Bertz CT molecular complexity index is 789. The van der Waals surface area contributed by atoms with Gasteiger partial charge in [0, 0.05) is 12.6 Å². The van der Waals surface area contributed by atoms with E-state index in [1.54, 1.807) is 18.2 Å². The van der Waals surface area contributed by atoms with Gasteiger partial charge in [-0.2, -0.15) is 5.10 Å². The number of rotatable bonds is 3. The van der Waals surface area contributed by atoms with Crippen molar-refractivity contribution in [1.82, 2.24) is 0 Å². The van der Waals surface area contributed by atoms with Crippen LogP contribution in [-0.2, 0) is 4.79 Å². The lowest BCUT2D eigenvalue weighted by Crippen LogP contribution is -2.25. The highest BCUT2D eigenvalue weighted by Gasteiger charge is 2.30. The summed E-state index contributed by atoms with van der Waals surface area (Å²) in [4.78, 5) is 13.8. The number of fused-ring (bicyclic) bond motifs is 1. The zero-order chi connectivity index (χ0) is 16.4. The van der Waals surface area contributed by atoms with Crippen LogP contribution in [-0.4, -0.2) is 24.9 Å². The van der Waals surface area contributed by atoms with E-state index in [2.05, 4.69) is 36.2 Å². The smallest absolute Gasteiger partial charge is 0.279 e. The van der Waals surface area contributed by atoms with Crippen LogP contribution in [0.15, 0.2) is 58.7 Å². The minimum absolute atomic E-state index is 0.126. The van der Waals surface area contributed by atoms with Crippen molar-refractivity contribution in [2.75, 3.05) is 11.9 Å². The molecule has 0 spiro atoms. The Morgan fingerprint density at radius 1 is 1.04 bits per heavy atom. The zero-order valence-electron chi connectivity index (χ0n) is 13.5. The standard InChI is InChI=1S/C19H19N3O/c1-13(2)15-10-8-14(9-11-15)12-20-21-18-16-6-4-5-7-17(16)22(3)19(18)23/h4-13H,1-3H3/b20-12-,21-18-. The molecule has 1 aliphatic rings. The Morgan fingerprint density at radius 2 is 1.74 bits per heavy atom. The van der Waals surface area contributed by atoms with E-state index in [-0.39, 0.29) is 5.91 Å². The fraction of sp³-hybridized carbons (Fsp3) is 0.211. The maximum Gasteiger partial charge on any atom is 0.279 e. The number of carbonyl (C=O) groups excluding carboxylic acids is 1. The lowest BCUT2D eigenvalue weighted by Gasteiger charge is -2.07. The van der Waals surface area contributed by atoms with E-state index in [1.165, 1.54) is 5.56 Å². The van der Waals surface area contributed by atoms with Crippen LogP contribution in [0.1, 0.15) is 36.5 Å². The van der Waals surface area contributed by atoms with Crippen LogP contribution in [0.4, 0.5) is 5.69 Å². The van der Waals surface area contributed by atoms with Gasteiger partial charge >= 0.3 is 0 Å². The second-order valence-electron chi connectivity index (χ2n) is 5.90. The van der Waals surface area contributed by atoms with Crippen LogP contribution in [0.3, 0.4) is 0 Å². The molecule has 2 aromatic carbocycles. The van der Waals surface area contributed by atoms with Crippen molar-refractivity contribution < 1.29 is 4.79 Å². The number of carbonyl (C=O) groups is 1. The van der Waals surface area contributed by atoms with Gasteiger partial charge in [-0.15, -0.1) is 5.10 Å². The molecule has 1 heterocycles. The average molecular weight is 305 g/mol. The van der Waals surface area contributed by atoms with E-state index in [0.717, 1.165) is 16.8 Å². The molecule has 0 aliphatic carbocycles. The van der Waals surface area contributed by atoms with Crippen molar-refractivity contribution in [2.24, 2.45) is 10.2 Å². The number of para-hydroxylation sites is 1. The van der Waals surface area contributed by atoms with E-state index in [0.29, 0.717) is 11.6 Å². The first-order valence-corrected chi connectivity index (χ1v) is 7.66. The summed E-state index contributed by atoms with van der Waals surface area (Å²) in [6.07, 6.45) is 1.67. The molecule has 0 saturated carbocycles. The van der Waals surface area contributed by atoms with Crippen LogP contribution >= 0.6 is 0 Å². The predicted molar refractivity (Wildman–Crippen MR) is 94.5 cm³/mol. The second-order valence-corrected chi connectivity index (χ2v) is 5.90. The topological polar surface area (TPSA) is 45.0 Å². The van der Waals surface area contributed by atoms with E-state index < -0.39 is 0 Å². The second kappa shape index (κ2) is 6.16. The monoisotopic (exact) mass is 305 g/mol. The molecule has 4 heteroatoms. The minimum atomic E-state index is -0.126. The Morgan fingerprint density at radius 3 is 2.43 bits per heavy atom. The third kappa shape index (κ3) is 2.93. The summed E-state index contributed by atoms with van der Waals surface area (Å²) in [6.45, 7) is 4.32. The normalized spacial score (nSPS) is 15.9. The van der Waals surface area contributed by atoms with Crippen molar-refractivity contribution in [3.8, 4) is 0 Å². The fourth-order valence-electron chi connectivity index (χ4n) is 2.57. The average Bonchev–Trinajstić information content (AvgIpc) is 2.81. The summed E-state index contributed by atoms with van der Waals surface area (Å²) in [6, 6.07) is 15.8. The molecule has 1 amide bonds. The van der Waals surface area contributed by atoms with Gasteiger partial charge in [-0.1, -0.05) is 56.3 Å². The SMILES string of the molecule is CC(C)c1ccc(/C=N\N=C2/C(=O)N(C)c3ccccc32)cc1. The first-order valence-electron chi connectivity index (χ1n) is 7.66. The van der Waals surface area contributed by atoms with Gasteiger partial charge in [-0.3, -0.25) is 4.79 Å². The van der Waals surface area contributed by atoms with E-state index in [1.807, 2.05) is 36.4 Å². The lowest BCUT2D eigenvalue weighted by atomic mass is 10.0. The molecule has 0 bridgehead atoms. The first-order chi connectivity index (χ1) is 11.1. The maximum atomic E-state index is 12.2. The first kappa shape index (κ1) is 15.2. The number of hydrogen-bond acceptors (Lipinski definition) is 3. The number of benzene rings is 2. The minimum Gasteiger partial charge on any atom is -0.309 e. The van der Waals surface area contributed by atoms with Gasteiger partial charge in [0.1, 0.15) is 0 Å². The van der Waals surface area contributed by atoms with Gasteiger partial charge in [0.05, 0.1) is 11.9 Å². The molecule has 0 radical (unpaired) electrons. The van der Waals surface area contributed by atoms with Gasteiger partial charge in [0.15, 0.2) is 5.71 Å². The summed E-state index contributed by atoms with van der Waals surface area (Å²) >= 11 is 0. The number of nitrogens with zero attached hydrogens (tertiary/aromatic N) is 3. The largest absolute Gasteiger partial charge is 0.309 e. The molecule has 0 aromatic heterocycles. The zero-order valence-corrected chi connectivity index (χ0v) is 13.5. The van der Waals surface area contributed by atoms with E-state index >= 15 is 0 Å². The molecule has 23 heavy (non-hydrogen) atoms. The molecular weight excluding hydrogens is 286 g/mol. The molecule has 0 unspecified atom stereocenters. The number of amides is 1. The predicted octanol–water partition coefficient (Wildman–Crippen LogP) is 3.61. The molecule has 1 aliphatic heterocycles. The highest BCUT2D eigenvalue weighted by molar-refractivity contribution is 6.54. The Balaban J connectivity index is 1.84. The molecule has 116 valence electrons. The third-order valence-electron chi connectivity index (χ3n) is 4.00. The van der Waals surface area contributed by atoms with Crippen LogP contribution < -0.4 is 4.90 Å². The molecule has 3 rings (SSSR count). The number of likely N-dealkylation sites (N-methyl/N-ethyl adjacent to an activating group) is 1. The quantitative estimate of drug-likeness (QED) is 0.631. The summed E-state index contributed by atoms with van der Waals surface area (Å²) in [7, 11) is 1.75. The van der Waals surface area contributed by atoms with Gasteiger partial charge in [0.25, 0.3) is 5.91 Å². The molecule has 0 N–H and O–H groups in total. The van der Waals surface area contributed by atoms with Crippen LogP contribution in [0.2, 0.25) is 0 Å². The fourth-order valence-corrected chi connectivity index (χ4v) is 2.57. The molecular formula is C19H19N3O. The van der Waals surface area contributed by atoms with E-state index in [4.69, 9.17) is 0 Å². The highest BCUT2D eigenvalue weighted by Crippen LogP contribution is 2.27. The van der Waals surface area contributed by atoms with Crippen molar-refractivity contribution in [1.29, 1.82) is 0 Å². The molecule has 0 saturated heterocycles. The van der Waals surface area contributed by atoms with Gasteiger partial charge in [0.2, 0.25) is 0 Å². The van der Waals surface area contributed by atoms with Crippen molar-refractivity contribution in [3.63, 3.8) is 0 Å². The molecule has 2 aromatic rings.